The standard InChI is InChI=1S/C14H16ClN3OS/c1-19-7-6-16-9-11-8-12(15)2-3-13(11)20-14-4-5-17-10-18-14/h2-5,8,10,16H,6-7,9H2,1H3. The first-order valence-electron chi connectivity index (χ1n) is 6.21. The van der Waals surface area contributed by atoms with E-state index in [-0.39, 0.29) is 0 Å². The van der Waals surface area contributed by atoms with E-state index >= 15 is 0 Å². The van der Waals surface area contributed by atoms with Gasteiger partial charge in [0.2, 0.25) is 0 Å². The van der Waals surface area contributed by atoms with E-state index in [0.717, 1.165) is 33.6 Å². The van der Waals surface area contributed by atoms with E-state index in [0.29, 0.717) is 6.61 Å². The van der Waals surface area contributed by atoms with Gasteiger partial charge >= 0.3 is 0 Å². The summed E-state index contributed by atoms with van der Waals surface area (Å²) in [5.41, 5.74) is 1.15. The molecule has 1 heterocycles. The topological polar surface area (TPSA) is 47.0 Å². The summed E-state index contributed by atoms with van der Waals surface area (Å²) >= 11 is 7.68. The number of aromatic nitrogens is 2. The highest BCUT2D eigenvalue weighted by atomic mass is 35.5. The average molecular weight is 310 g/mol. The van der Waals surface area contributed by atoms with Crippen LogP contribution in [0.1, 0.15) is 5.56 Å². The molecule has 0 saturated heterocycles. The second kappa shape index (κ2) is 8.21. The molecule has 0 saturated carbocycles. The highest BCUT2D eigenvalue weighted by molar-refractivity contribution is 7.99. The van der Waals surface area contributed by atoms with Gasteiger partial charge in [-0.05, 0) is 29.8 Å². The Hall–Kier alpha value is -1.14. The largest absolute Gasteiger partial charge is 0.383 e. The molecule has 0 aliphatic heterocycles. The number of ether oxygens (including phenoxy) is 1. The second-order valence-corrected chi connectivity index (χ2v) is 5.57. The third kappa shape index (κ3) is 4.76. The van der Waals surface area contributed by atoms with Crippen LogP contribution in [0.2, 0.25) is 5.02 Å². The Labute approximate surface area is 127 Å². The van der Waals surface area contributed by atoms with Gasteiger partial charge in [-0.15, -0.1) is 0 Å². The van der Waals surface area contributed by atoms with Crippen molar-refractivity contribution in [3.8, 4) is 0 Å². The minimum Gasteiger partial charge on any atom is -0.383 e. The third-order valence-corrected chi connectivity index (χ3v) is 3.89. The first-order chi connectivity index (χ1) is 9.79. The smallest absolute Gasteiger partial charge is 0.116 e. The van der Waals surface area contributed by atoms with Gasteiger partial charge in [-0.25, -0.2) is 9.97 Å². The molecule has 2 aromatic rings. The molecule has 20 heavy (non-hydrogen) atoms. The van der Waals surface area contributed by atoms with Crippen molar-refractivity contribution in [2.45, 2.75) is 16.5 Å². The van der Waals surface area contributed by atoms with Crippen molar-refractivity contribution < 1.29 is 4.74 Å². The van der Waals surface area contributed by atoms with E-state index in [1.807, 2.05) is 24.3 Å². The summed E-state index contributed by atoms with van der Waals surface area (Å²) in [6.07, 6.45) is 3.29. The molecule has 0 bridgehead atoms. The lowest BCUT2D eigenvalue weighted by Gasteiger charge is -2.10. The van der Waals surface area contributed by atoms with Crippen molar-refractivity contribution in [3.63, 3.8) is 0 Å². The molecule has 0 atom stereocenters. The number of halogens is 1. The SMILES string of the molecule is COCCNCc1cc(Cl)ccc1Sc1ccncn1. The van der Waals surface area contributed by atoms with Crippen LogP contribution in [0.3, 0.4) is 0 Å². The number of methoxy groups -OCH3 is 1. The number of benzene rings is 1. The number of nitrogens with zero attached hydrogens (tertiary/aromatic N) is 2. The molecule has 0 amide bonds. The van der Waals surface area contributed by atoms with Crippen LogP contribution in [0.4, 0.5) is 0 Å². The Morgan fingerprint density at radius 1 is 1.35 bits per heavy atom. The molecular weight excluding hydrogens is 294 g/mol. The molecule has 2 rings (SSSR count). The van der Waals surface area contributed by atoms with Crippen LogP contribution in [0.5, 0.6) is 0 Å². The minimum absolute atomic E-state index is 0.689. The summed E-state index contributed by atoms with van der Waals surface area (Å²) in [6.45, 7) is 2.24. The van der Waals surface area contributed by atoms with Gasteiger partial charge in [0.25, 0.3) is 0 Å². The van der Waals surface area contributed by atoms with Gasteiger partial charge in [0, 0.05) is 36.3 Å². The van der Waals surface area contributed by atoms with Gasteiger partial charge in [0.15, 0.2) is 0 Å². The Morgan fingerprint density at radius 2 is 2.25 bits per heavy atom. The van der Waals surface area contributed by atoms with E-state index in [1.54, 1.807) is 31.4 Å². The predicted octanol–water partition coefficient (Wildman–Crippen LogP) is 3.02. The molecule has 1 N–H and O–H groups in total. The Bertz CT molecular complexity index is 539. The number of hydrogen-bond donors (Lipinski definition) is 1. The maximum atomic E-state index is 6.07. The molecule has 106 valence electrons. The van der Waals surface area contributed by atoms with Gasteiger partial charge < -0.3 is 10.1 Å². The van der Waals surface area contributed by atoms with Gasteiger partial charge in [-0.3, -0.25) is 0 Å². The first-order valence-corrected chi connectivity index (χ1v) is 7.41. The van der Waals surface area contributed by atoms with Gasteiger partial charge in [0.1, 0.15) is 11.4 Å². The van der Waals surface area contributed by atoms with Crippen LogP contribution in [0.25, 0.3) is 0 Å². The van der Waals surface area contributed by atoms with Crippen LogP contribution in [-0.2, 0) is 11.3 Å². The lowest BCUT2D eigenvalue weighted by Crippen LogP contribution is -2.18. The van der Waals surface area contributed by atoms with E-state index in [4.69, 9.17) is 16.3 Å². The molecule has 0 unspecified atom stereocenters. The summed E-state index contributed by atoms with van der Waals surface area (Å²) < 4.78 is 5.02. The fourth-order valence-corrected chi connectivity index (χ4v) is 2.68. The monoisotopic (exact) mass is 309 g/mol. The molecule has 0 fully saturated rings. The normalized spacial score (nSPS) is 10.7. The summed E-state index contributed by atoms with van der Waals surface area (Å²) in [6, 6.07) is 7.78. The predicted molar refractivity (Wildman–Crippen MR) is 81.2 cm³/mol. The van der Waals surface area contributed by atoms with Crippen molar-refractivity contribution in [1.29, 1.82) is 0 Å². The lowest BCUT2D eigenvalue weighted by atomic mass is 10.2. The average Bonchev–Trinajstić information content (AvgIpc) is 2.47. The molecule has 4 nitrogen and oxygen atoms in total. The van der Waals surface area contributed by atoms with Crippen molar-refractivity contribution in [2.75, 3.05) is 20.3 Å². The van der Waals surface area contributed by atoms with Crippen molar-refractivity contribution in [3.05, 3.63) is 47.4 Å². The van der Waals surface area contributed by atoms with E-state index in [1.165, 1.54) is 0 Å². The molecular formula is C14H16ClN3OS. The molecule has 6 heteroatoms. The molecule has 1 aromatic carbocycles. The zero-order valence-corrected chi connectivity index (χ0v) is 12.7. The lowest BCUT2D eigenvalue weighted by molar-refractivity contribution is 0.199. The quantitative estimate of drug-likeness (QED) is 0.629. The number of nitrogens with one attached hydrogen (secondary N) is 1. The minimum atomic E-state index is 0.689. The zero-order valence-electron chi connectivity index (χ0n) is 11.2. The third-order valence-electron chi connectivity index (χ3n) is 2.59. The summed E-state index contributed by atoms with van der Waals surface area (Å²) in [5.74, 6) is 0. The Balaban J connectivity index is 2.07. The van der Waals surface area contributed by atoms with Gasteiger partial charge in [0.05, 0.1) is 6.61 Å². The highest BCUT2D eigenvalue weighted by Crippen LogP contribution is 2.30. The van der Waals surface area contributed by atoms with Crippen LogP contribution in [0.15, 0.2) is 46.7 Å². The van der Waals surface area contributed by atoms with E-state index < -0.39 is 0 Å². The fourth-order valence-electron chi connectivity index (χ4n) is 1.63. The number of hydrogen-bond acceptors (Lipinski definition) is 5. The number of rotatable bonds is 7. The van der Waals surface area contributed by atoms with Crippen LogP contribution in [0, 0.1) is 0 Å². The first kappa shape index (κ1) is 15.3. The molecule has 0 radical (unpaired) electrons. The molecule has 0 aliphatic carbocycles. The van der Waals surface area contributed by atoms with Crippen molar-refractivity contribution >= 4 is 23.4 Å². The molecule has 0 spiro atoms. The zero-order chi connectivity index (χ0) is 14.2. The van der Waals surface area contributed by atoms with Crippen LogP contribution in [-0.4, -0.2) is 30.2 Å². The second-order valence-electron chi connectivity index (χ2n) is 4.07. The fraction of sp³-hybridized carbons (Fsp3) is 0.286. The molecule has 1 aromatic heterocycles. The van der Waals surface area contributed by atoms with Crippen LogP contribution >= 0.6 is 23.4 Å². The summed E-state index contributed by atoms with van der Waals surface area (Å²) in [7, 11) is 1.69. The maximum Gasteiger partial charge on any atom is 0.116 e. The Kier molecular flexibility index (Phi) is 6.26. The van der Waals surface area contributed by atoms with E-state index in [2.05, 4.69) is 15.3 Å². The maximum absolute atomic E-state index is 6.07. The van der Waals surface area contributed by atoms with E-state index in [9.17, 15) is 0 Å². The van der Waals surface area contributed by atoms with Crippen molar-refractivity contribution in [1.82, 2.24) is 15.3 Å². The van der Waals surface area contributed by atoms with Crippen LogP contribution < -0.4 is 5.32 Å². The summed E-state index contributed by atoms with van der Waals surface area (Å²) in [4.78, 5) is 9.28. The molecule has 0 aliphatic rings. The highest BCUT2D eigenvalue weighted by Gasteiger charge is 2.06. The Morgan fingerprint density at radius 3 is 3.00 bits per heavy atom. The van der Waals surface area contributed by atoms with Gasteiger partial charge in [-0.2, -0.15) is 0 Å². The van der Waals surface area contributed by atoms with Crippen molar-refractivity contribution in [2.24, 2.45) is 0 Å². The van der Waals surface area contributed by atoms with Gasteiger partial charge in [-0.1, -0.05) is 23.4 Å². The summed E-state index contributed by atoms with van der Waals surface area (Å²) in [5, 5.41) is 4.98.